The number of aryl methyl sites for hydroxylation is 1. The Morgan fingerprint density at radius 3 is 2.41 bits per heavy atom. The Bertz CT molecular complexity index is 363. The molecule has 3 heteroatoms. The minimum absolute atomic E-state index is 0.271. The fraction of sp³-hybridized carbons (Fsp3) is 0.714. The molecule has 1 heterocycles. The zero-order valence-electron chi connectivity index (χ0n) is 12.0. The molecule has 0 aliphatic heterocycles. The van der Waals surface area contributed by atoms with Crippen molar-refractivity contribution in [1.82, 2.24) is 4.90 Å². The number of nitrogens with zero attached hydrogens (tertiary/aromatic N) is 1. The van der Waals surface area contributed by atoms with Gasteiger partial charge in [0.15, 0.2) is 0 Å². The second-order valence-corrected chi connectivity index (χ2v) is 5.96. The highest BCUT2D eigenvalue weighted by atomic mass is 16.3. The van der Waals surface area contributed by atoms with Crippen LogP contribution < -0.4 is 5.73 Å². The van der Waals surface area contributed by atoms with E-state index >= 15 is 0 Å². The van der Waals surface area contributed by atoms with Gasteiger partial charge in [-0.2, -0.15) is 0 Å². The third-order valence-corrected chi connectivity index (χ3v) is 3.61. The fourth-order valence-corrected chi connectivity index (χ4v) is 1.91. The van der Waals surface area contributed by atoms with Gasteiger partial charge in [-0.15, -0.1) is 0 Å². The van der Waals surface area contributed by atoms with Crippen LogP contribution in [0, 0.1) is 12.3 Å². The van der Waals surface area contributed by atoms with Crippen LogP contribution in [0.1, 0.15) is 44.8 Å². The van der Waals surface area contributed by atoms with Crippen molar-refractivity contribution in [1.29, 1.82) is 0 Å². The fourth-order valence-electron chi connectivity index (χ4n) is 1.91. The van der Waals surface area contributed by atoms with Crippen LogP contribution in [0.5, 0.6) is 0 Å². The Hall–Kier alpha value is -0.800. The number of furan rings is 1. The van der Waals surface area contributed by atoms with E-state index < -0.39 is 0 Å². The maximum atomic E-state index is 5.72. The molecule has 2 N–H and O–H groups in total. The molecule has 0 spiro atoms. The van der Waals surface area contributed by atoms with Gasteiger partial charge in [-0.3, -0.25) is 4.90 Å². The van der Waals surface area contributed by atoms with E-state index in [9.17, 15) is 0 Å². The third kappa shape index (κ3) is 3.58. The lowest BCUT2D eigenvalue weighted by atomic mass is 9.87. The van der Waals surface area contributed by atoms with Gasteiger partial charge in [-0.1, -0.05) is 20.8 Å². The van der Waals surface area contributed by atoms with Crippen molar-refractivity contribution in [2.75, 3.05) is 7.05 Å². The van der Waals surface area contributed by atoms with Crippen molar-refractivity contribution in [3.05, 3.63) is 23.2 Å². The Kier molecular flexibility index (Phi) is 4.39. The highest BCUT2D eigenvalue weighted by Gasteiger charge is 2.24. The van der Waals surface area contributed by atoms with E-state index in [-0.39, 0.29) is 5.41 Å². The maximum Gasteiger partial charge on any atom is 0.118 e. The van der Waals surface area contributed by atoms with Gasteiger partial charge in [0.2, 0.25) is 0 Å². The predicted octanol–water partition coefficient (Wildman–Crippen LogP) is 2.91. The summed E-state index contributed by atoms with van der Waals surface area (Å²) in [5, 5.41) is 0. The van der Waals surface area contributed by atoms with E-state index in [1.165, 1.54) is 0 Å². The summed E-state index contributed by atoms with van der Waals surface area (Å²) in [4.78, 5) is 2.32. The number of hydrogen-bond acceptors (Lipinski definition) is 3. The first-order valence-electron chi connectivity index (χ1n) is 6.24. The van der Waals surface area contributed by atoms with Crippen LogP contribution in [0.15, 0.2) is 10.5 Å². The van der Waals surface area contributed by atoms with Crippen molar-refractivity contribution < 1.29 is 4.42 Å². The second kappa shape index (κ2) is 5.23. The van der Waals surface area contributed by atoms with Crippen molar-refractivity contribution in [2.45, 2.75) is 53.8 Å². The van der Waals surface area contributed by atoms with Gasteiger partial charge < -0.3 is 10.2 Å². The molecule has 1 unspecified atom stereocenters. The van der Waals surface area contributed by atoms with Crippen LogP contribution in [0.25, 0.3) is 0 Å². The summed E-state index contributed by atoms with van der Waals surface area (Å²) in [6, 6.07) is 2.57. The van der Waals surface area contributed by atoms with Gasteiger partial charge in [-0.05, 0) is 32.4 Å². The van der Waals surface area contributed by atoms with Gasteiger partial charge in [0.05, 0.1) is 6.54 Å². The Labute approximate surface area is 105 Å². The minimum atomic E-state index is 0.271. The average molecular weight is 238 g/mol. The zero-order chi connectivity index (χ0) is 13.2. The largest absolute Gasteiger partial charge is 0.465 e. The molecular formula is C14H26N2O. The van der Waals surface area contributed by atoms with E-state index in [0.717, 1.165) is 23.6 Å². The van der Waals surface area contributed by atoms with Gasteiger partial charge in [0.25, 0.3) is 0 Å². The van der Waals surface area contributed by atoms with Crippen LogP contribution in [-0.2, 0) is 13.1 Å². The number of rotatable bonds is 4. The quantitative estimate of drug-likeness (QED) is 0.877. The Morgan fingerprint density at radius 2 is 2.00 bits per heavy atom. The van der Waals surface area contributed by atoms with Crippen molar-refractivity contribution in [2.24, 2.45) is 11.1 Å². The molecule has 0 saturated carbocycles. The van der Waals surface area contributed by atoms with Crippen LogP contribution in [0.2, 0.25) is 0 Å². The molecule has 1 atom stereocenters. The van der Waals surface area contributed by atoms with Crippen molar-refractivity contribution in [3.8, 4) is 0 Å². The lowest BCUT2D eigenvalue weighted by Crippen LogP contribution is -2.38. The normalized spacial score (nSPS) is 14.4. The monoisotopic (exact) mass is 238 g/mol. The molecule has 1 rings (SSSR count). The molecule has 17 heavy (non-hydrogen) atoms. The average Bonchev–Trinajstić information content (AvgIpc) is 2.56. The summed E-state index contributed by atoms with van der Waals surface area (Å²) in [7, 11) is 2.13. The van der Waals surface area contributed by atoms with Gasteiger partial charge in [0, 0.05) is 18.2 Å². The topological polar surface area (TPSA) is 42.4 Å². The smallest absolute Gasteiger partial charge is 0.118 e. The van der Waals surface area contributed by atoms with E-state index in [1.54, 1.807) is 0 Å². The molecule has 0 saturated heterocycles. The molecule has 0 aromatic carbocycles. The molecule has 98 valence electrons. The second-order valence-electron chi connectivity index (χ2n) is 5.96. The van der Waals surface area contributed by atoms with Gasteiger partial charge in [-0.25, -0.2) is 0 Å². The lowest BCUT2D eigenvalue weighted by molar-refractivity contribution is 0.126. The maximum absolute atomic E-state index is 5.72. The molecule has 0 aliphatic carbocycles. The Morgan fingerprint density at radius 1 is 1.41 bits per heavy atom. The molecule has 0 amide bonds. The summed E-state index contributed by atoms with van der Waals surface area (Å²) in [6.07, 6.45) is 0. The van der Waals surface area contributed by atoms with E-state index in [1.807, 2.05) is 6.92 Å². The van der Waals surface area contributed by atoms with Gasteiger partial charge in [0.1, 0.15) is 11.5 Å². The van der Waals surface area contributed by atoms with Crippen molar-refractivity contribution >= 4 is 0 Å². The molecule has 1 aromatic rings. The van der Waals surface area contributed by atoms with Crippen LogP contribution >= 0.6 is 0 Å². The first kappa shape index (κ1) is 14.3. The van der Waals surface area contributed by atoms with Crippen LogP contribution in [0.3, 0.4) is 0 Å². The summed E-state index contributed by atoms with van der Waals surface area (Å²) in [5.74, 6) is 1.95. The van der Waals surface area contributed by atoms with E-state index in [4.69, 9.17) is 10.2 Å². The van der Waals surface area contributed by atoms with Gasteiger partial charge >= 0.3 is 0 Å². The summed E-state index contributed by atoms with van der Waals surface area (Å²) in [5.41, 5.74) is 7.03. The molecular weight excluding hydrogens is 212 g/mol. The first-order valence-corrected chi connectivity index (χ1v) is 6.24. The SMILES string of the molecule is Cc1oc(CN(C)C(C)C(C)(C)C)cc1CN. The lowest BCUT2D eigenvalue weighted by Gasteiger charge is -2.34. The molecule has 1 aromatic heterocycles. The predicted molar refractivity (Wildman–Crippen MR) is 71.7 cm³/mol. The molecule has 0 bridgehead atoms. The zero-order valence-corrected chi connectivity index (χ0v) is 12.0. The van der Waals surface area contributed by atoms with Crippen LogP contribution in [0.4, 0.5) is 0 Å². The molecule has 0 aliphatic rings. The number of nitrogens with two attached hydrogens (primary N) is 1. The first-order chi connectivity index (χ1) is 7.75. The summed E-state index contributed by atoms with van der Waals surface area (Å²) >= 11 is 0. The van der Waals surface area contributed by atoms with Crippen molar-refractivity contribution in [3.63, 3.8) is 0 Å². The van der Waals surface area contributed by atoms with Crippen LogP contribution in [-0.4, -0.2) is 18.0 Å². The summed E-state index contributed by atoms with van der Waals surface area (Å²) < 4.78 is 5.72. The molecule has 3 nitrogen and oxygen atoms in total. The number of hydrogen-bond donors (Lipinski definition) is 1. The Balaban J connectivity index is 2.71. The standard InChI is InChI=1S/C14H26N2O/c1-10-12(8-15)7-13(17-10)9-16(6)11(2)14(3,4)5/h7,11H,8-9,15H2,1-6H3. The highest BCUT2D eigenvalue weighted by Crippen LogP contribution is 2.25. The van der Waals surface area contributed by atoms with E-state index in [0.29, 0.717) is 12.6 Å². The molecule has 0 radical (unpaired) electrons. The third-order valence-electron chi connectivity index (χ3n) is 3.61. The minimum Gasteiger partial charge on any atom is -0.465 e. The highest BCUT2D eigenvalue weighted by molar-refractivity contribution is 5.20. The van der Waals surface area contributed by atoms with E-state index in [2.05, 4.69) is 45.7 Å². The molecule has 0 fully saturated rings. The summed E-state index contributed by atoms with van der Waals surface area (Å²) in [6.45, 7) is 12.4.